The number of fused-ring (bicyclic) bond motifs is 1. The van der Waals surface area contributed by atoms with Gasteiger partial charge >= 0.3 is 0 Å². The van der Waals surface area contributed by atoms with Gasteiger partial charge in [0, 0.05) is 19.6 Å². The largest absolute Gasteiger partial charge is 0.495 e. The van der Waals surface area contributed by atoms with E-state index in [0.717, 1.165) is 29.7 Å². The molecule has 1 amide bonds. The van der Waals surface area contributed by atoms with Gasteiger partial charge in [0.25, 0.3) is 5.91 Å². The second kappa shape index (κ2) is 8.78. The van der Waals surface area contributed by atoms with Crippen molar-refractivity contribution >= 4 is 33.2 Å². The number of anilines is 1. The van der Waals surface area contributed by atoms with Crippen LogP contribution in [0, 0.1) is 6.92 Å². The molecule has 0 bridgehead atoms. The second-order valence-corrected chi connectivity index (χ2v) is 9.98. The van der Waals surface area contributed by atoms with Gasteiger partial charge in [-0.2, -0.15) is 4.31 Å². The van der Waals surface area contributed by atoms with Gasteiger partial charge in [-0.15, -0.1) is 0 Å². The Morgan fingerprint density at radius 3 is 2.58 bits per heavy atom. The van der Waals surface area contributed by atoms with E-state index in [1.165, 1.54) is 22.5 Å². The molecule has 9 heteroatoms. The fourth-order valence-electron chi connectivity index (χ4n) is 4.13. The Labute approximate surface area is 187 Å². The Bertz CT molecular complexity index is 1110. The molecule has 166 valence electrons. The van der Waals surface area contributed by atoms with E-state index in [1.807, 2.05) is 19.1 Å². The number of hydrogen-bond donors (Lipinski definition) is 0. The normalized spacial score (nSPS) is 17.3. The van der Waals surface area contributed by atoms with E-state index >= 15 is 0 Å². The fraction of sp³-hybridized carbons (Fsp3) is 0.409. The van der Waals surface area contributed by atoms with E-state index in [4.69, 9.17) is 21.1 Å². The van der Waals surface area contributed by atoms with Crippen LogP contribution < -0.4 is 9.64 Å². The summed E-state index contributed by atoms with van der Waals surface area (Å²) in [4.78, 5) is 15.3. The van der Waals surface area contributed by atoms with Gasteiger partial charge in [-0.3, -0.25) is 4.79 Å². The fourth-order valence-corrected chi connectivity index (χ4v) is 5.76. The van der Waals surface area contributed by atoms with Crippen molar-refractivity contribution in [3.05, 3.63) is 52.0 Å². The van der Waals surface area contributed by atoms with Crippen molar-refractivity contribution in [2.75, 3.05) is 44.9 Å². The maximum Gasteiger partial charge on any atom is 0.259 e. The zero-order chi connectivity index (χ0) is 22.2. The van der Waals surface area contributed by atoms with Gasteiger partial charge in [0.05, 0.1) is 41.5 Å². The van der Waals surface area contributed by atoms with Crippen molar-refractivity contribution in [2.24, 2.45) is 0 Å². The summed E-state index contributed by atoms with van der Waals surface area (Å²) in [5, 5.41) is 0.213. The Hall–Kier alpha value is -2.13. The van der Waals surface area contributed by atoms with Crippen LogP contribution in [0.4, 0.5) is 5.69 Å². The molecule has 7 nitrogen and oxygen atoms in total. The molecule has 0 unspecified atom stereocenters. The third-order valence-electron chi connectivity index (χ3n) is 5.80. The minimum absolute atomic E-state index is 0.0515. The number of morpholine rings is 1. The molecule has 4 rings (SSSR count). The van der Waals surface area contributed by atoms with Gasteiger partial charge in [0.1, 0.15) is 5.75 Å². The Balaban J connectivity index is 1.74. The molecule has 1 saturated heterocycles. The van der Waals surface area contributed by atoms with Crippen molar-refractivity contribution in [3.63, 3.8) is 0 Å². The molecule has 0 spiro atoms. The molecule has 0 saturated carbocycles. The zero-order valence-corrected chi connectivity index (χ0v) is 19.1. The van der Waals surface area contributed by atoms with Gasteiger partial charge in [0.2, 0.25) is 10.0 Å². The number of nitrogens with zero attached hydrogens (tertiary/aromatic N) is 2. The number of halogens is 1. The molecule has 2 aliphatic rings. The van der Waals surface area contributed by atoms with E-state index in [9.17, 15) is 13.2 Å². The Morgan fingerprint density at radius 2 is 1.87 bits per heavy atom. The highest BCUT2D eigenvalue weighted by atomic mass is 35.5. The predicted molar refractivity (Wildman–Crippen MR) is 119 cm³/mol. The molecular weight excluding hydrogens is 440 g/mol. The average molecular weight is 465 g/mol. The first-order valence-corrected chi connectivity index (χ1v) is 12.0. The van der Waals surface area contributed by atoms with Crippen molar-refractivity contribution in [3.8, 4) is 5.75 Å². The van der Waals surface area contributed by atoms with Crippen molar-refractivity contribution in [1.82, 2.24) is 4.31 Å². The summed E-state index contributed by atoms with van der Waals surface area (Å²) in [6.07, 6.45) is 1.65. The van der Waals surface area contributed by atoms with Gasteiger partial charge in [-0.1, -0.05) is 17.7 Å². The highest BCUT2D eigenvalue weighted by Gasteiger charge is 2.31. The number of ether oxygens (including phenoxy) is 2. The average Bonchev–Trinajstić information content (AvgIpc) is 2.79. The number of carbonyl (C=O) groups is 1. The third-order valence-corrected chi connectivity index (χ3v) is 8.02. The Morgan fingerprint density at radius 1 is 1.13 bits per heavy atom. The SMILES string of the molecule is COc1ccc(C)c2c1N(C(=O)c1cc(S(=O)(=O)N3CCOCC3)ccc1Cl)CCC2. The van der Waals surface area contributed by atoms with Crippen LogP contribution in [0.1, 0.15) is 27.9 Å². The summed E-state index contributed by atoms with van der Waals surface area (Å²) >= 11 is 6.37. The van der Waals surface area contributed by atoms with Crippen molar-refractivity contribution < 1.29 is 22.7 Å². The number of rotatable bonds is 4. The monoisotopic (exact) mass is 464 g/mol. The summed E-state index contributed by atoms with van der Waals surface area (Å²) in [5.74, 6) is 0.274. The molecule has 0 radical (unpaired) electrons. The summed E-state index contributed by atoms with van der Waals surface area (Å²) < 4.78 is 38.3. The minimum Gasteiger partial charge on any atom is -0.495 e. The van der Waals surface area contributed by atoms with E-state index in [-0.39, 0.29) is 34.5 Å². The molecular formula is C22H25ClN2O5S. The number of hydrogen-bond acceptors (Lipinski definition) is 5. The maximum absolute atomic E-state index is 13.6. The summed E-state index contributed by atoms with van der Waals surface area (Å²) in [7, 11) is -2.17. The van der Waals surface area contributed by atoms with Crippen LogP contribution in [0.3, 0.4) is 0 Å². The molecule has 0 aromatic heterocycles. The molecule has 2 aliphatic heterocycles. The van der Waals surface area contributed by atoms with Crippen LogP contribution in [0.15, 0.2) is 35.2 Å². The standard InChI is InChI=1S/C22H25ClN2O5S/c1-15-5-8-20(29-2)21-17(15)4-3-9-25(21)22(26)18-14-16(6-7-19(18)23)31(27,28)24-10-12-30-13-11-24/h5-8,14H,3-4,9-13H2,1-2H3. The van der Waals surface area contributed by atoms with Crippen LogP contribution in [-0.4, -0.2) is 58.6 Å². The lowest BCUT2D eigenvalue weighted by Crippen LogP contribution is -2.40. The summed E-state index contributed by atoms with van der Waals surface area (Å²) in [5.41, 5.74) is 3.04. The number of sulfonamides is 1. The molecule has 0 N–H and O–H groups in total. The van der Waals surface area contributed by atoms with Gasteiger partial charge in [0.15, 0.2) is 0 Å². The van der Waals surface area contributed by atoms with Gasteiger partial charge in [-0.05, 0) is 55.2 Å². The van der Waals surface area contributed by atoms with Crippen LogP contribution in [0.5, 0.6) is 5.75 Å². The molecule has 2 aromatic carbocycles. The molecule has 0 atom stereocenters. The number of carbonyl (C=O) groups excluding carboxylic acids is 1. The number of amides is 1. The number of methoxy groups -OCH3 is 1. The lowest BCUT2D eigenvalue weighted by atomic mass is 9.95. The van der Waals surface area contributed by atoms with E-state index in [1.54, 1.807) is 12.0 Å². The first kappa shape index (κ1) is 22.1. The quantitative estimate of drug-likeness (QED) is 0.694. The lowest BCUT2D eigenvalue weighted by molar-refractivity contribution is 0.0730. The molecule has 1 fully saturated rings. The third kappa shape index (κ3) is 4.05. The number of aryl methyl sites for hydroxylation is 1. The van der Waals surface area contributed by atoms with Crippen LogP contribution >= 0.6 is 11.6 Å². The van der Waals surface area contributed by atoms with Crippen LogP contribution in [0.2, 0.25) is 5.02 Å². The highest BCUT2D eigenvalue weighted by molar-refractivity contribution is 7.89. The van der Waals surface area contributed by atoms with Gasteiger partial charge in [-0.25, -0.2) is 8.42 Å². The van der Waals surface area contributed by atoms with E-state index in [2.05, 4.69) is 0 Å². The zero-order valence-electron chi connectivity index (χ0n) is 17.6. The molecule has 0 aliphatic carbocycles. The topological polar surface area (TPSA) is 76.2 Å². The van der Waals surface area contributed by atoms with Gasteiger partial charge < -0.3 is 14.4 Å². The first-order valence-electron chi connectivity index (χ1n) is 10.2. The maximum atomic E-state index is 13.6. The molecule has 2 heterocycles. The summed E-state index contributed by atoms with van der Waals surface area (Å²) in [6, 6.07) is 8.13. The second-order valence-electron chi connectivity index (χ2n) is 7.63. The van der Waals surface area contributed by atoms with E-state index in [0.29, 0.717) is 25.5 Å². The van der Waals surface area contributed by atoms with Crippen LogP contribution in [-0.2, 0) is 21.2 Å². The first-order chi connectivity index (χ1) is 14.8. The van der Waals surface area contributed by atoms with Crippen LogP contribution in [0.25, 0.3) is 0 Å². The highest BCUT2D eigenvalue weighted by Crippen LogP contribution is 2.39. The van der Waals surface area contributed by atoms with E-state index < -0.39 is 10.0 Å². The summed E-state index contributed by atoms with van der Waals surface area (Å²) in [6.45, 7) is 3.77. The number of benzene rings is 2. The minimum atomic E-state index is -3.75. The Kier molecular flexibility index (Phi) is 6.25. The van der Waals surface area contributed by atoms with Crippen molar-refractivity contribution in [1.29, 1.82) is 0 Å². The van der Waals surface area contributed by atoms with Crippen molar-refractivity contribution in [2.45, 2.75) is 24.7 Å². The molecule has 2 aromatic rings. The molecule has 31 heavy (non-hydrogen) atoms. The smallest absolute Gasteiger partial charge is 0.259 e. The lowest BCUT2D eigenvalue weighted by Gasteiger charge is -2.32. The predicted octanol–water partition coefficient (Wildman–Crippen LogP) is 3.27.